The van der Waals surface area contributed by atoms with E-state index in [1.54, 1.807) is 12.1 Å². The molecule has 0 aliphatic carbocycles. The number of anilines is 1. The lowest BCUT2D eigenvalue weighted by Gasteiger charge is -2.43. The van der Waals surface area contributed by atoms with Crippen LogP contribution >= 0.6 is 0 Å². The van der Waals surface area contributed by atoms with Gasteiger partial charge in [-0.25, -0.2) is 4.98 Å². The summed E-state index contributed by atoms with van der Waals surface area (Å²) in [5.41, 5.74) is -0.632. The Hall–Kier alpha value is -1.95. The molecule has 1 aliphatic heterocycles. The lowest BCUT2D eigenvalue weighted by molar-refractivity contribution is -0.158. The maximum atomic E-state index is 11.7. The van der Waals surface area contributed by atoms with Crippen molar-refractivity contribution >= 4 is 17.6 Å². The first-order valence-electron chi connectivity index (χ1n) is 7.54. The number of rotatable bonds is 5. The van der Waals surface area contributed by atoms with Crippen LogP contribution in [0.5, 0.6) is 0 Å². The minimum Gasteiger partial charge on any atom is -0.481 e. The molecule has 2 N–H and O–H groups in total. The zero-order valence-corrected chi connectivity index (χ0v) is 13.0. The highest BCUT2D eigenvalue weighted by Crippen LogP contribution is 2.36. The van der Waals surface area contributed by atoms with E-state index < -0.39 is 17.5 Å². The van der Waals surface area contributed by atoms with Crippen molar-refractivity contribution in [1.82, 2.24) is 4.98 Å². The number of pyridine rings is 1. The molecule has 0 bridgehead atoms. The SMILES string of the molecule is CCC[C@]1(C(=O)O)CN(c2ccc(C(C)=O)cn2)CC[C@H]1O. The molecule has 1 fully saturated rings. The van der Waals surface area contributed by atoms with Crippen molar-refractivity contribution in [2.75, 3.05) is 18.0 Å². The van der Waals surface area contributed by atoms with E-state index in [-0.39, 0.29) is 12.3 Å². The van der Waals surface area contributed by atoms with Crippen LogP contribution in [0.2, 0.25) is 0 Å². The highest BCUT2D eigenvalue weighted by Gasteiger charge is 2.48. The summed E-state index contributed by atoms with van der Waals surface area (Å²) in [4.78, 5) is 29.2. The number of aliphatic hydroxyl groups is 1. The fourth-order valence-electron chi connectivity index (χ4n) is 3.07. The summed E-state index contributed by atoms with van der Waals surface area (Å²) in [6.07, 6.45) is 2.16. The van der Waals surface area contributed by atoms with Crippen LogP contribution in [0.3, 0.4) is 0 Å². The first-order chi connectivity index (χ1) is 10.4. The van der Waals surface area contributed by atoms with Crippen molar-refractivity contribution in [2.45, 2.75) is 39.2 Å². The molecule has 2 rings (SSSR count). The molecule has 1 aromatic heterocycles. The minimum atomic E-state index is -1.16. The second kappa shape index (κ2) is 6.44. The lowest BCUT2D eigenvalue weighted by Crippen LogP contribution is -2.56. The average Bonchev–Trinajstić information content (AvgIpc) is 2.49. The van der Waals surface area contributed by atoms with Gasteiger partial charge in [-0.1, -0.05) is 13.3 Å². The van der Waals surface area contributed by atoms with E-state index in [1.807, 2.05) is 11.8 Å². The van der Waals surface area contributed by atoms with Gasteiger partial charge in [-0.05, 0) is 31.9 Å². The number of nitrogens with zero attached hydrogens (tertiary/aromatic N) is 2. The summed E-state index contributed by atoms with van der Waals surface area (Å²) >= 11 is 0. The molecule has 2 heterocycles. The van der Waals surface area contributed by atoms with Gasteiger partial charge >= 0.3 is 5.97 Å². The number of hydrogen-bond donors (Lipinski definition) is 2. The molecule has 2 atom stereocenters. The molecule has 0 spiro atoms. The van der Waals surface area contributed by atoms with Gasteiger partial charge in [-0.15, -0.1) is 0 Å². The second-order valence-electron chi connectivity index (χ2n) is 5.90. The van der Waals surface area contributed by atoms with E-state index in [4.69, 9.17) is 0 Å². The summed E-state index contributed by atoms with van der Waals surface area (Å²) < 4.78 is 0. The Morgan fingerprint density at radius 1 is 1.45 bits per heavy atom. The van der Waals surface area contributed by atoms with Gasteiger partial charge in [0.05, 0.1) is 6.10 Å². The van der Waals surface area contributed by atoms with Gasteiger partial charge in [-0.3, -0.25) is 9.59 Å². The predicted molar refractivity (Wildman–Crippen MR) is 82.1 cm³/mol. The van der Waals surface area contributed by atoms with Gasteiger partial charge in [0.2, 0.25) is 0 Å². The molecule has 0 unspecified atom stereocenters. The number of aliphatic carboxylic acids is 1. The number of carbonyl (C=O) groups excluding carboxylic acids is 1. The van der Waals surface area contributed by atoms with Crippen molar-refractivity contribution in [3.63, 3.8) is 0 Å². The van der Waals surface area contributed by atoms with Gasteiger partial charge in [0.25, 0.3) is 0 Å². The number of piperidine rings is 1. The normalized spacial score (nSPS) is 25.0. The second-order valence-corrected chi connectivity index (χ2v) is 5.90. The van der Waals surface area contributed by atoms with Crippen LogP contribution in [0.1, 0.15) is 43.5 Å². The molecule has 6 heteroatoms. The zero-order valence-electron chi connectivity index (χ0n) is 13.0. The zero-order chi connectivity index (χ0) is 16.3. The van der Waals surface area contributed by atoms with Crippen LogP contribution in [0, 0.1) is 5.41 Å². The summed E-state index contributed by atoms with van der Waals surface area (Å²) in [6, 6.07) is 3.42. The number of hydrogen-bond acceptors (Lipinski definition) is 5. The Labute approximate surface area is 129 Å². The summed E-state index contributed by atoms with van der Waals surface area (Å²) in [6.45, 7) is 4.16. The van der Waals surface area contributed by atoms with Crippen LogP contribution in [0.25, 0.3) is 0 Å². The van der Waals surface area contributed by atoms with Gasteiger partial charge in [0.15, 0.2) is 5.78 Å². The maximum absolute atomic E-state index is 11.7. The van der Waals surface area contributed by atoms with Crippen molar-refractivity contribution < 1.29 is 19.8 Å². The van der Waals surface area contributed by atoms with E-state index in [1.165, 1.54) is 13.1 Å². The first kappa shape index (κ1) is 16.4. The predicted octanol–water partition coefficient (Wildman–Crippen LogP) is 1.73. The Bertz CT molecular complexity index is 558. The number of Topliss-reactive ketones (excluding diaryl/α,β-unsaturated/α-hetero) is 1. The maximum Gasteiger partial charge on any atom is 0.314 e. The number of ketones is 1. The summed E-state index contributed by atoms with van der Waals surface area (Å²) in [5, 5.41) is 19.9. The van der Waals surface area contributed by atoms with E-state index in [2.05, 4.69) is 4.98 Å². The molecule has 1 aliphatic rings. The van der Waals surface area contributed by atoms with Crippen LogP contribution in [-0.4, -0.2) is 46.1 Å². The quantitative estimate of drug-likeness (QED) is 0.805. The van der Waals surface area contributed by atoms with Crippen LogP contribution in [-0.2, 0) is 4.79 Å². The van der Waals surface area contributed by atoms with E-state index in [0.29, 0.717) is 37.2 Å². The summed E-state index contributed by atoms with van der Waals surface area (Å²) in [5.74, 6) is -0.385. The Morgan fingerprint density at radius 3 is 2.68 bits per heavy atom. The van der Waals surface area contributed by atoms with Crippen LogP contribution in [0.4, 0.5) is 5.82 Å². The van der Waals surface area contributed by atoms with E-state index in [9.17, 15) is 19.8 Å². The molecule has 1 aromatic rings. The van der Waals surface area contributed by atoms with Crippen molar-refractivity contribution in [3.8, 4) is 0 Å². The average molecular weight is 306 g/mol. The number of carboxylic acids is 1. The van der Waals surface area contributed by atoms with E-state index in [0.717, 1.165) is 0 Å². The third kappa shape index (κ3) is 2.97. The molecule has 6 nitrogen and oxygen atoms in total. The van der Waals surface area contributed by atoms with Crippen LogP contribution < -0.4 is 4.90 Å². The third-order valence-electron chi connectivity index (χ3n) is 4.38. The summed E-state index contributed by atoms with van der Waals surface area (Å²) in [7, 11) is 0. The Kier molecular flexibility index (Phi) is 4.81. The molecule has 120 valence electrons. The smallest absolute Gasteiger partial charge is 0.314 e. The molecule has 0 radical (unpaired) electrons. The Balaban J connectivity index is 2.25. The fourth-order valence-corrected chi connectivity index (χ4v) is 3.07. The van der Waals surface area contributed by atoms with E-state index >= 15 is 0 Å². The largest absolute Gasteiger partial charge is 0.481 e. The lowest BCUT2D eigenvalue weighted by atomic mass is 9.74. The van der Waals surface area contributed by atoms with Crippen molar-refractivity contribution in [2.24, 2.45) is 5.41 Å². The van der Waals surface area contributed by atoms with Gasteiger partial charge in [0, 0.05) is 24.8 Å². The number of aromatic nitrogens is 1. The van der Waals surface area contributed by atoms with Crippen LogP contribution in [0.15, 0.2) is 18.3 Å². The standard InChI is InChI=1S/C16H22N2O4/c1-3-7-16(15(21)22)10-18(8-6-13(16)20)14-5-4-12(9-17-14)11(2)19/h4-5,9,13,20H,3,6-8,10H2,1-2H3,(H,21,22)/t13-,16+/m1/s1. The monoisotopic (exact) mass is 306 g/mol. The topological polar surface area (TPSA) is 90.7 Å². The number of carboxylic acid groups (broad SMARTS) is 1. The fraction of sp³-hybridized carbons (Fsp3) is 0.562. The number of carbonyl (C=O) groups is 2. The van der Waals surface area contributed by atoms with Gasteiger partial charge in [-0.2, -0.15) is 0 Å². The molecular formula is C16H22N2O4. The molecule has 22 heavy (non-hydrogen) atoms. The third-order valence-corrected chi connectivity index (χ3v) is 4.38. The first-order valence-corrected chi connectivity index (χ1v) is 7.54. The molecule has 1 saturated heterocycles. The highest BCUT2D eigenvalue weighted by molar-refractivity contribution is 5.93. The minimum absolute atomic E-state index is 0.0565. The highest BCUT2D eigenvalue weighted by atomic mass is 16.4. The van der Waals surface area contributed by atoms with Gasteiger partial charge < -0.3 is 15.1 Å². The molecule has 0 saturated carbocycles. The van der Waals surface area contributed by atoms with Crippen molar-refractivity contribution in [3.05, 3.63) is 23.9 Å². The molecular weight excluding hydrogens is 284 g/mol. The van der Waals surface area contributed by atoms with Gasteiger partial charge in [0.1, 0.15) is 11.2 Å². The Morgan fingerprint density at radius 2 is 2.18 bits per heavy atom. The molecule has 0 aromatic carbocycles. The number of aliphatic hydroxyl groups excluding tert-OH is 1. The molecule has 0 amide bonds. The van der Waals surface area contributed by atoms with Crippen molar-refractivity contribution in [1.29, 1.82) is 0 Å².